The number of aldehydes is 1. The molecule has 4 heteroatoms. The first-order valence-corrected chi connectivity index (χ1v) is 3.89. The summed E-state index contributed by atoms with van der Waals surface area (Å²) in [6.45, 7) is 3.46. The Balaban J connectivity index is 4.85. The van der Waals surface area contributed by atoms with Crippen LogP contribution in [0.5, 0.6) is 0 Å². The molecule has 60 valence electrons. The first-order valence-electron chi connectivity index (χ1n) is 2.72. The molecule has 0 aliphatic rings. The normalized spacial score (nSPS) is 13.8. The third kappa shape index (κ3) is 2.91. The lowest BCUT2D eigenvalue weighted by Gasteiger charge is -1.96. The van der Waals surface area contributed by atoms with Crippen molar-refractivity contribution < 1.29 is 4.79 Å². The molecule has 0 heterocycles. The molecule has 0 fully saturated rings. The molecule has 0 aliphatic carbocycles. The molecule has 0 amide bonds. The average Bonchev–Trinajstić information content (AvgIpc) is 2.05. The van der Waals surface area contributed by atoms with Gasteiger partial charge in [0.25, 0.3) is 0 Å². The maximum atomic E-state index is 10.3. The summed E-state index contributed by atoms with van der Waals surface area (Å²) in [6.07, 6.45) is 3.20. The van der Waals surface area contributed by atoms with Gasteiger partial charge in [0.2, 0.25) is 0 Å². The van der Waals surface area contributed by atoms with Gasteiger partial charge in [-0.2, -0.15) is 0 Å². The van der Waals surface area contributed by atoms with Gasteiger partial charge >= 0.3 is 0 Å². The van der Waals surface area contributed by atoms with Crippen LogP contribution in [0.1, 0.15) is 0 Å². The summed E-state index contributed by atoms with van der Waals surface area (Å²) < 4.78 is 0.544. The molecular formula is C7H7BrClNO. The van der Waals surface area contributed by atoms with Gasteiger partial charge in [0.05, 0.1) is 5.03 Å². The second kappa shape index (κ2) is 5.16. The Labute approximate surface area is 78.5 Å². The van der Waals surface area contributed by atoms with Crippen molar-refractivity contribution in [3.8, 4) is 0 Å². The summed E-state index contributed by atoms with van der Waals surface area (Å²) in [7, 11) is 0. The molecule has 0 aromatic heterocycles. The van der Waals surface area contributed by atoms with E-state index in [4.69, 9.17) is 17.3 Å². The van der Waals surface area contributed by atoms with Crippen molar-refractivity contribution in [2.45, 2.75) is 0 Å². The standard InChI is InChI=1S/C7H7BrClNO/c1-2-6(8)7(9)5(3-10)4-11/h2-4H,1,10H2/b5-3-,7-6-. The summed E-state index contributed by atoms with van der Waals surface area (Å²) in [4.78, 5) is 10.3. The van der Waals surface area contributed by atoms with E-state index in [1.807, 2.05) is 0 Å². The van der Waals surface area contributed by atoms with E-state index in [-0.39, 0.29) is 10.6 Å². The van der Waals surface area contributed by atoms with Crippen molar-refractivity contribution in [3.63, 3.8) is 0 Å². The van der Waals surface area contributed by atoms with E-state index in [2.05, 4.69) is 22.5 Å². The van der Waals surface area contributed by atoms with Crippen molar-refractivity contribution in [1.29, 1.82) is 0 Å². The highest BCUT2D eigenvalue weighted by molar-refractivity contribution is 9.12. The van der Waals surface area contributed by atoms with Gasteiger partial charge in [-0.25, -0.2) is 0 Å². The largest absolute Gasteiger partial charge is 0.404 e. The highest BCUT2D eigenvalue weighted by Gasteiger charge is 2.02. The van der Waals surface area contributed by atoms with Gasteiger partial charge in [-0.1, -0.05) is 24.3 Å². The summed E-state index contributed by atoms with van der Waals surface area (Å²) in [6, 6.07) is 0. The summed E-state index contributed by atoms with van der Waals surface area (Å²) in [5.41, 5.74) is 5.34. The molecule has 11 heavy (non-hydrogen) atoms. The fourth-order valence-corrected chi connectivity index (χ4v) is 0.805. The van der Waals surface area contributed by atoms with E-state index in [1.54, 1.807) is 0 Å². The number of rotatable bonds is 3. The molecule has 2 N–H and O–H groups in total. The Morgan fingerprint density at radius 3 is 2.45 bits per heavy atom. The molecule has 0 atom stereocenters. The second-order valence-corrected chi connectivity index (χ2v) is 2.84. The molecule has 2 nitrogen and oxygen atoms in total. The van der Waals surface area contributed by atoms with Crippen LogP contribution in [-0.4, -0.2) is 6.29 Å². The van der Waals surface area contributed by atoms with Gasteiger partial charge in [0, 0.05) is 16.3 Å². The molecule has 0 aliphatic heterocycles. The van der Waals surface area contributed by atoms with Gasteiger partial charge in [-0.3, -0.25) is 4.79 Å². The minimum atomic E-state index is 0.235. The smallest absolute Gasteiger partial charge is 0.153 e. The fraction of sp³-hybridized carbons (Fsp3) is 0. The molecule has 0 unspecified atom stereocenters. The second-order valence-electron chi connectivity index (χ2n) is 1.61. The highest BCUT2D eigenvalue weighted by Crippen LogP contribution is 2.22. The van der Waals surface area contributed by atoms with Crippen LogP contribution in [-0.2, 0) is 4.79 Å². The van der Waals surface area contributed by atoms with Crippen molar-refractivity contribution in [3.05, 3.63) is 33.9 Å². The quantitative estimate of drug-likeness (QED) is 0.463. The van der Waals surface area contributed by atoms with E-state index in [0.717, 1.165) is 6.20 Å². The Hall–Kier alpha value is -0.540. The van der Waals surface area contributed by atoms with Crippen molar-refractivity contribution >= 4 is 33.8 Å². The average molecular weight is 236 g/mol. The number of halogens is 2. The maximum absolute atomic E-state index is 10.3. The van der Waals surface area contributed by atoms with Crippen molar-refractivity contribution in [2.24, 2.45) is 5.73 Å². The molecule has 0 radical (unpaired) electrons. The summed E-state index contributed by atoms with van der Waals surface area (Å²) >= 11 is 8.78. The first-order chi connectivity index (χ1) is 5.17. The summed E-state index contributed by atoms with van der Waals surface area (Å²) in [5, 5.41) is 0.262. The predicted octanol–water partition coefficient (Wildman–Crippen LogP) is 2.06. The number of hydrogen-bond acceptors (Lipinski definition) is 2. The van der Waals surface area contributed by atoms with Crippen LogP contribution in [0.3, 0.4) is 0 Å². The van der Waals surface area contributed by atoms with E-state index in [9.17, 15) is 4.79 Å². The number of carbonyl (C=O) groups excluding carboxylic acids is 1. The third-order valence-corrected chi connectivity index (χ3v) is 2.32. The minimum Gasteiger partial charge on any atom is -0.404 e. The van der Waals surface area contributed by atoms with E-state index in [1.165, 1.54) is 6.08 Å². The highest BCUT2D eigenvalue weighted by atomic mass is 79.9. The zero-order valence-electron chi connectivity index (χ0n) is 5.68. The fourth-order valence-electron chi connectivity index (χ4n) is 0.392. The van der Waals surface area contributed by atoms with Crippen LogP contribution in [0, 0.1) is 0 Å². The maximum Gasteiger partial charge on any atom is 0.153 e. The van der Waals surface area contributed by atoms with E-state index < -0.39 is 0 Å². The lowest BCUT2D eigenvalue weighted by molar-refractivity contribution is -0.104. The van der Waals surface area contributed by atoms with Gasteiger partial charge < -0.3 is 5.73 Å². The van der Waals surface area contributed by atoms with Crippen LogP contribution in [0.4, 0.5) is 0 Å². The predicted molar refractivity (Wildman–Crippen MR) is 50.3 cm³/mol. The van der Waals surface area contributed by atoms with Crippen LogP contribution in [0.25, 0.3) is 0 Å². The minimum absolute atomic E-state index is 0.235. The molecule has 0 aromatic rings. The third-order valence-electron chi connectivity index (χ3n) is 0.949. The zero-order chi connectivity index (χ0) is 8.85. The zero-order valence-corrected chi connectivity index (χ0v) is 8.02. The van der Waals surface area contributed by atoms with Crippen molar-refractivity contribution in [1.82, 2.24) is 0 Å². The lowest BCUT2D eigenvalue weighted by Crippen LogP contribution is -1.91. The molecular weight excluding hydrogens is 229 g/mol. The SMILES string of the molecule is C=C/C(Br)=C(Cl)\C(C=O)=C/N. The molecule has 0 rings (SSSR count). The number of nitrogens with two attached hydrogens (primary N) is 1. The first kappa shape index (κ1) is 10.5. The lowest BCUT2D eigenvalue weighted by atomic mass is 10.3. The van der Waals surface area contributed by atoms with Gasteiger partial charge in [-0.05, 0) is 15.9 Å². The Morgan fingerprint density at radius 1 is 1.64 bits per heavy atom. The van der Waals surface area contributed by atoms with Gasteiger partial charge in [0.1, 0.15) is 0 Å². The summed E-state index contributed by atoms with van der Waals surface area (Å²) in [5.74, 6) is 0. The molecule has 0 saturated heterocycles. The Morgan fingerprint density at radius 2 is 2.18 bits per heavy atom. The van der Waals surface area contributed by atoms with Crippen LogP contribution in [0.15, 0.2) is 33.9 Å². The molecule has 0 spiro atoms. The van der Waals surface area contributed by atoms with Crippen molar-refractivity contribution in [2.75, 3.05) is 0 Å². The number of carbonyl (C=O) groups is 1. The van der Waals surface area contributed by atoms with Crippen LogP contribution in [0.2, 0.25) is 0 Å². The van der Waals surface area contributed by atoms with Gasteiger partial charge in [0.15, 0.2) is 6.29 Å². The molecule has 0 bridgehead atoms. The van der Waals surface area contributed by atoms with Crippen LogP contribution < -0.4 is 5.73 Å². The van der Waals surface area contributed by atoms with Gasteiger partial charge in [-0.15, -0.1) is 0 Å². The molecule has 0 aromatic carbocycles. The molecule has 0 saturated carbocycles. The van der Waals surface area contributed by atoms with Crippen LogP contribution >= 0.6 is 27.5 Å². The Bertz CT molecular complexity index is 233. The van der Waals surface area contributed by atoms with E-state index >= 15 is 0 Å². The van der Waals surface area contributed by atoms with E-state index in [0.29, 0.717) is 10.8 Å². The number of hydrogen-bond donors (Lipinski definition) is 1. The number of allylic oxidation sites excluding steroid dienone is 4. The Kier molecular flexibility index (Phi) is 4.90. The topological polar surface area (TPSA) is 43.1 Å². The monoisotopic (exact) mass is 235 g/mol.